The molecule has 0 radical (unpaired) electrons. The van der Waals surface area contributed by atoms with Gasteiger partial charge in [-0.25, -0.2) is 4.98 Å². The van der Waals surface area contributed by atoms with Crippen LogP contribution >= 0.6 is 34.5 Å². The van der Waals surface area contributed by atoms with Gasteiger partial charge in [-0.15, -0.1) is 11.3 Å². The van der Waals surface area contributed by atoms with Crippen molar-refractivity contribution >= 4 is 40.4 Å². The zero-order valence-corrected chi connectivity index (χ0v) is 17.1. The van der Waals surface area contributed by atoms with Gasteiger partial charge in [0.25, 0.3) is 5.91 Å². The Bertz CT molecular complexity index is 889. The molecule has 0 saturated heterocycles. The van der Waals surface area contributed by atoms with Crippen LogP contribution in [0, 0.1) is 12.8 Å². The van der Waals surface area contributed by atoms with E-state index in [1.807, 2.05) is 0 Å². The molecular formula is C18H21Cl2N3OS. The highest BCUT2D eigenvalue weighted by Crippen LogP contribution is 2.33. The highest BCUT2D eigenvalue weighted by Gasteiger charge is 2.27. The summed E-state index contributed by atoms with van der Waals surface area (Å²) in [5, 5.41) is 0.489. The van der Waals surface area contributed by atoms with E-state index >= 15 is 0 Å². The van der Waals surface area contributed by atoms with Gasteiger partial charge in [-0.2, -0.15) is 4.99 Å². The molecule has 0 spiro atoms. The SMILES string of the molecule is Cc1c(C(C)(C)C)s/c(=N\C(=O)c2cc(Cl)cnc2Cl)n1CC1CC1. The minimum absolute atomic E-state index is 0.00608. The van der Waals surface area contributed by atoms with Crippen molar-refractivity contribution in [3.8, 4) is 0 Å². The largest absolute Gasteiger partial charge is 0.320 e. The lowest BCUT2D eigenvalue weighted by Gasteiger charge is -2.17. The molecule has 4 nitrogen and oxygen atoms in total. The minimum atomic E-state index is -0.411. The van der Waals surface area contributed by atoms with Crippen molar-refractivity contribution in [3.63, 3.8) is 0 Å². The second kappa shape index (κ2) is 6.86. The molecule has 0 aromatic carbocycles. The molecule has 25 heavy (non-hydrogen) atoms. The Balaban J connectivity index is 2.09. The molecule has 0 N–H and O–H groups in total. The Hall–Kier alpha value is -1.17. The van der Waals surface area contributed by atoms with E-state index < -0.39 is 5.91 Å². The van der Waals surface area contributed by atoms with E-state index in [0.29, 0.717) is 10.9 Å². The Kier molecular flexibility index (Phi) is 5.11. The molecule has 3 rings (SSSR count). The third kappa shape index (κ3) is 4.15. The van der Waals surface area contributed by atoms with Crippen molar-refractivity contribution in [1.82, 2.24) is 9.55 Å². The molecule has 1 saturated carbocycles. The molecule has 0 aliphatic heterocycles. The first-order valence-corrected chi connectivity index (χ1v) is 9.85. The van der Waals surface area contributed by atoms with Gasteiger partial charge >= 0.3 is 0 Å². The summed E-state index contributed by atoms with van der Waals surface area (Å²) < 4.78 is 2.17. The molecule has 2 aromatic rings. The van der Waals surface area contributed by atoms with Crippen molar-refractivity contribution in [1.29, 1.82) is 0 Å². The quantitative estimate of drug-likeness (QED) is 0.683. The fraction of sp³-hybridized carbons (Fsp3) is 0.500. The van der Waals surface area contributed by atoms with E-state index in [1.54, 1.807) is 11.3 Å². The van der Waals surface area contributed by atoms with Gasteiger partial charge in [0.1, 0.15) is 5.15 Å². The molecule has 0 bridgehead atoms. The maximum atomic E-state index is 12.7. The molecule has 0 unspecified atom stereocenters. The second-order valence-electron chi connectivity index (χ2n) is 7.51. The van der Waals surface area contributed by atoms with Gasteiger partial charge in [-0.05, 0) is 37.2 Å². The van der Waals surface area contributed by atoms with Crippen LogP contribution in [0.25, 0.3) is 0 Å². The summed E-state index contributed by atoms with van der Waals surface area (Å²) in [5.41, 5.74) is 1.42. The van der Waals surface area contributed by atoms with Crippen molar-refractivity contribution in [2.24, 2.45) is 10.9 Å². The fourth-order valence-corrected chi connectivity index (χ4v) is 4.30. The molecule has 1 fully saturated rings. The van der Waals surface area contributed by atoms with Gasteiger partial charge in [0.15, 0.2) is 4.80 Å². The molecule has 2 aromatic heterocycles. The van der Waals surface area contributed by atoms with Gasteiger partial charge in [0, 0.05) is 23.3 Å². The van der Waals surface area contributed by atoms with Crippen LogP contribution < -0.4 is 4.80 Å². The molecule has 1 aliphatic carbocycles. The van der Waals surface area contributed by atoms with Crippen LogP contribution in [0.1, 0.15) is 54.5 Å². The zero-order chi connectivity index (χ0) is 18.4. The molecule has 1 amide bonds. The van der Waals surface area contributed by atoms with E-state index in [2.05, 4.69) is 42.2 Å². The summed E-state index contributed by atoms with van der Waals surface area (Å²) in [6.07, 6.45) is 3.90. The number of thiazole rings is 1. The van der Waals surface area contributed by atoms with E-state index in [-0.39, 0.29) is 16.1 Å². The number of carbonyl (C=O) groups is 1. The first-order valence-electron chi connectivity index (χ1n) is 8.27. The van der Waals surface area contributed by atoms with E-state index in [9.17, 15) is 4.79 Å². The number of amides is 1. The predicted molar refractivity (Wildman–Crippen MR) is 103 cm³/mol. The third-order valence-electron chi connectivity index (χ3n) is 4.21. The predicted octanol–water partition coefficient (Wildman–Crippen LogP) is 5.01. The van der Waals surface area contributed by atoms with Crippen LogP contribution in [0.5, 0.6) is 0 Å². The molecule has 134 valence electrons. The number of hydrogen-bond acceptors (Lipinski definition) is 3. The number of halogens is 2. The van der Waals surface area contributed by atoms with Crippen molar-refractivity contribution < 1.29 is 4.79 Å². The second-order valence-corrected chi connectivity index (χ2v) is 9.28. The van der Waals surface area contributed by atoms with Gasteiger partial charge in [0.2, 0.25) is 0 Å². The average Bonchev–Trinajstić information content (AvgIpc) is 3.28. The summed E-state index contributed by atoms with van der Waals surface area (Å²) in [6.45, 7) is 9.55. The van der Waals surface area contributed by atoms with Crippen molar-refractivity contribution in [2.75, 3.05) is 0 Å². The van der Waals surface area contributed by atoms with Gasteiger partial charge < -0.3 is 4.57 Å². The summed E-state index contributed by atoms with van der Waals surface area (Å²) in [4.78, 5) is 22.9. The number of pyridine rings is 1. The van der Waals surface area contributed by atoms with Crippen LogP contribution in [0.3, 0.4) is 0 Å². The van der Waals surface area contributed by atoms with Crippen LogP contribution in [-0.2, 0) is 12.0 Å². The fourth-order valence-electron chi connectivity index (χ4n) is 2.76. The first kappa shape index (κ1) is 18.6. The maximum Gasteiger partial charge on any atom is 0.282 e. The number of nitrogens with zero attached hydrogens (tertiary/aromatic N) is 3. The smallest absolute Gasteiger partial charge is 0.282 e. The van der Waals surface area contributed by atoms with Gasteiger partial charge in [0.05, 0.1) is 10.6 Å². The normalized spacial score (nSPS) is 15.7. The summed E-state index contributed by atoms with van der Waals surface area (Å²) in [6, 6.07) is 1.51. The number of hydrogen-bond donors (Lipinski definition) is 0. The van der Waals surface area contributed by atoms with Crippen LogP contribution in [0.15, 0.2) is 17.3 Å². The third-order valence-corrected chi connectivity index (χ3v) is 6.32. The summed E-state index contributed by atoms with van der Waals surface area (Å²) in [7, 11) is 0. The number of carbonyl (C=O) groups excluding carboxylic acids is 1. The van der Waals surface area contributed by atoms with Crippen LogP contribution in [0.4, 0.5) is 0 Å². The highest BCUT2D eigenvalue weighted by atomic mass is 35.5. The summed E-state index contributed by atoms with van der Waals surface area (Å²) in [5.74, 6) is 0.276. The van der Waals surface area contributed by atoms with Crippen LogP contribution in [-0.4, -0.2) is 15.5 Å². The molecule has 2 heterocycles. The maximum absolute atomic E-state index is 12.7. The first-order chi connectivity index (χ1) is 11.7. The highest BCUT2D eigenvalue weighted by molar-refractivity contribution is 7.09. The Morgan fingerprint density at radius 3 is 2.68 bits per heavy atom. The number of rotatable bonds is 3. The lowest BCUT2D eigenvalue weighted by Crippen LogP contribution is -2.20. The minimum Gasteiger partial charge on any atom is -0.320 e. The average molecular weight is 398 g/mol. The van der Waals surface area contributed by atoms with Crippen molar-refractivity contribution in [3.05, 3.63) is 43.4 Å². The monoisotopic (exact) mass is 397 g/mol. The van der Waals surface area contributed by atoms with E-state index in [1.165, 1.54) is 35.7 Å². The van der Waals surface area contributed by atoms with Gasteiger partial charge in [-0.3, -0.25) is 4.79 Å². The van der Waals surface area contributed by atoms with Crippen LogP contribution in [0.2, 0.25) is 10.2 Å². The van der Waals surface area contributed by atoms with E-state index in [0.717, 1.165) is 11.3 Å². The molecule has 0 atom stereocenters. The Morgan fingerprint density at radius 1 is 1.40 bits per heavy atom. The lowest BCUT2D eigenvalue weighted by atomic mass is 9.93. The lowest BCUT2D eigenvalue weighted by molar-refractivity contribution is 0.0997. The Morgan fingerprint density at radius 2 is 2.08 bits per heavy atom. The molecular weight excluding hydrogens is 377 g/mol. The number of aromatic nitrogens is 2. The van der Waals surface area contributed by atoms with Crippen molar-refractivity contribution in [2.45, 2.75) is 52.5 Å². The summed E-state index contributed by atoms with van der Waals surface area (Å²) >= 11 is 13.6. The Labute approximate surface area is 161 Å². The standard InChI is InChI=1S/C18H21Cl2N3OS/c1-10-14(18(2,3)4)25-17(23(10)9-11-5-6-11)22-16(24)13-7-12(19)8-21-15(13)20/h7-8,11H,5-6,9H2,1-4H3/b22-17-. The molecule has 7 heteroatoms. The molecule has 1 aliphatic rings. The topological polar surface area (TPSA) is 47.2 Å². The van der Waals surface area contributed by atoms with Gasteiger partial charge in [-0.1, -0.05) is 44.0 Å². The van der Waals surface area contributed by atoms with E-state index in [4.69, 9.17) is 23.2 Å². The zero-order valence-electron chi connectivity index (χ0n) is 14.8.